The van der Waals surface area contributed by atoms with Crippen molar-refractivity contribution in [3.8, 4) is 0 Å². The molecule has 0 spiro atoms. The molecule has 0 aliphatic carbocycles. The lowest BCUT2D eigenvalue weighted by Crippen LogP contribution is -2.28. The van der Waals surface area contributed by atoms with Crippen LogP contribution in [0.15, 0.2) is 36.5 Å². The van der Waals surface area contributed by atoms with Gasteiger partial charge in [0.05, 0.1) is 6.61 Å². The van der Waals surface area contributed by atoms with Crippen LogP contribution >= 0.6 is 0 Å². The summed E-state index contributed by atoms with van der Waals surface area (Å²) in [5, 5.41) is 9.60. The molecule has 0 bridgehead atoms. The second-order valence-corrected chi connectivity index (χ2v) is 16.9. The first kappa shape index (κ1) is 55.1. The van der Waals surface area contributed by atoms with E-state index in [9.17, 15) is 14.7 Å². The average molecular weight is 801 g/mol. The molecule has 0 saturated heterocycles. The number of allylic oxidation sites excluding steroid dienone is 6. The number of ether oxygens (including phenoxy) is 2. The molecule has 0 aliphatic heterocycles. The van der Waals surface area contributed by atoms with Gasteiger partial charge in [0.2, 0.25) is 0 Å². The molecule has 5 nitrogen and oxygen atoms in total. The van der Waals surface area contributed by atoms with Crippen LogP contribution in [0.4, 0.5) is 0 Å². The Balaban J connectivity index is 3.46. The minimum atomic E-state index is -0.768. The van der Waals surface area contributed by atoms with Crippen molar-refractivity contribution in [2.45, 2.75) is 270 Å². The highest BCUT2D eigenvalue weighted by Gasteiger charge is 2.16. The molecule has 0 aliphatic rings. The number of rotatable bonds is 46. The highest BCUT2D eigenvalue weighted by Crippen LogP contribution is 2.16. The Hall–Kier alpha value is -1.88. The molecule has 1 atom stereocenters. The van der Waals surface area contributed by atoms with Gasteiger partial charge in [-0.2, -0.15) is 0 Å². The molecule has 0 saturated carbocycles. The number of carbonyl (C=O) groups excluding carboxylic acids is 2. The molecule has 334 valence electrons. The van der Waals surface area contributed by atoms with Gasteiger partial charge in [0.25, 0.3) is 0 Å². The molecule has 5 heteroatoms. The van der Waals surface area contributed by atoms with E-state index in [1.165, 1.54) is 186 Å². The molecule has 1 unspecified atom stereocenters. The van der Waals surface area contributed by atoms with E-state index in [1.54, 1.807) is 0 Å². The summed E-state index contributed by atoms with van der Waals surface area (Å²) < 4.78 is 10.7. The molecule has 0 fully saturated rings. The predicted octanol–water partition coefficient (Wildman–Crippen LogP) is 16.4. The Morgan fingerprint density at radius 1 is 0.404 bits per heavy atom. The Morgan fingerprint density at radius 2 is 0.702 bits per heavy atom. The van der Waals surface area contributed by atoms with E-state index in [0.29, 0.717) is 12.8 Å². The average Bonchev–Trinajstić information content (AvgIpc) is 3.21. The summed E-state index contributed by atoms with van der Waals surface area (Å²) in [4.78, 5) is 24.4. The van der Waals surface area contributed by atoms with E-state index in [0.717, 1.165) is 51.4 Å². The highest BCUT2D eigenvalue weighted by atomic mass is 16.6. The molecular formula is C52H96O5. The van der Waals surface area contributed by atoms with Crippen molar-refractivity contribution >= 4 is 11.9 Å². The van der Waals surface area contributed by atoms with E-state index in [-0.39, 0.29) is 25.2 Å². The molecule has 0 aromatic carbocycles. The zero-order valence-electron chi connectivity index (χ0n) is 38.1. The lowest BCUT2D eigenvalue weighted by molar-refractivity contribution is -0.161. The number of carbonyl (C=O) groups is 2. The van der Waals surface area contributed by atoms with E-state index in [2.05, 4.69) is 50.3 Å². The summed E-state index contributed by atoms with van der Waals surface area (Å²) in [5.41, 5.74) is 0. The van der Waals surface area contributed by atoms with Crippen molar-refractivity contribution in [2.24, 2.45) is 0 Å². The standard InChI is InChI=1S/C52H96O5/c1-3-5-7-9-11-13-15-17-19-20-21-22-23-24-25-26-27-28-29-30-31-32-33-35-37-39-41-43-45-47-52(55)57-50(48-53)49-56-51(54)46-44-42-40-38-36-34-18-16-14-12-10-8-6-4-2/h15,17,20-21,23-24,50,53H,3-14,16,18-19,22,25-49H2,1-2H3/b17-15-,21-20-,24-23-. The van der Waals surface area contributed by atoms with Gasteiger partial charge in [-0.05, 0) is 51.4 Å². The zero-order valence-corrected chi connectivity index (χ0v) is 38.1. The van der Waals surface area contributed by atoms with Crippen LogP contribution in [0.2, 0.25) is 0 Å². The fraction of sp³-hybridized carbons (Fsp3) is 0.846. The number of unbranched alkanes of at least 4 members (excludes halogenated alkanes) is 32. The first-order chi connectivity index (χ1) is 28.1. The van der Waals surface area contributed by atoms with Gasteiger partial charge in [-0.25, -0.2) is 0 Å². The summed E-state index contributed by atoms with van der Waals surface area (Å²) in [5.74, 6) is -0.579. The lowest BCUT2D eigenvalue weighted by Gasteiger charge is -2.15. The molecule has 0 radical (unpaired) electrons. The molecule has 0 aromatic heterocycles. The molecule has 0 amide bonds. The summed E-state index contributed by atoms with van der Waals surface area (Å²) in [6.07, 6.45) is 60.9. The van der Waals surface area contributed by atoms with Crippen molar-refractivity contribution in [3.05, 3.63) is 36.5 Å². The van der Waals surface area contributed by atoms with Crippen molar-refractivity contribution in [3.63, 3.8) is 0 Å². The van der Waals surface area contributed by atoms with Gasteiger partial charge >= 0.3 is 11.9 Å². The third-order valence-corrected chi connectivity index (χ3v) is 11.2. The molecule has 0 heterocycles. The van der Waals surface area contributed by atoms with Gasteiger partial charge in [0.15, 0.2) is 6.10 Å². The number of hydrogen-bond donors (Lipinski definition) is 1. The summed E-state index contributed by atoms with van der Waals surface area (Å²) in [6, 6.07) is 0. The van der Waals surface area contributed by atoms with Crippen LogP contribution < -0.4 is 0 Å². The van der Waals surface area contributed by atoms with Gasteiger partial charge in [-0.15, -0.1) is 0 Å². The second-order valence-electron chi connectivity index (χ2n) is 16.9. The third-order valence-electron chi connectivity index (χ3n) is 11.2. The van der Waals surface area contributed by atoms with Crippen molar-refractivity contribution in [2.75, 3.05) is 13.2 Å². The van der Waals surface area contributed by atoms with Crippen LogP contribution in [0.3, 0.4) is 0 Å². The Bertz CT molecular complexity index is 908. The Labute approximate surface area is 355 Å². The smallest absolute Gasteiger partial charge is 0.306 e. The largest absolute Gasteiger partial charge is 0.462 e. The van der Waals surface area contributed by atoms with Crippen molar-refractivity contribution < 1.29 is 24.2 Å². The maximum absolute atomic E-state index is 12.2. The van der Waals surface area contributed by atoms with Gasteiger partial charge < -0.3 is 14.6 Å². The first-order valence-electron chi connectivity index (χ1n) is 25.0. The van der Waals surface area contributed by atoms with Crippen LogP contribution in [-0.2, 0) is 19.1 Å². The summed E-state index contributed by atoms with van der Waals surface area (Å²) >= 11 is 0. The highest BCUT2D eigenvalue weighted by molar-refractivity contribution is 5.70. The SMILES string of the molecule is CCCCCCC/C=C\C/C=C\C/C=C\CCCCCCCCCCCCCCCCC(=O)OC(CO)COC(=O)CCCCCCCCCCCCCCCC. The van der Waals surface area contributed by atoms with Gasteiger partial charge in [-0.1, -0.05) is 237 Å². The molecular weight excluding hydrogens is 705 g/mol. The fourth-order valence-corrected chi connectivity index (χ4v) is 7.39. The number of aliphatic hydroxyl groups excluding tert-OH is 1. The monoisotopic (exact) mass is 801 g/mol. The van der Waals surface area contributed by atoms with Gasteiger partial charge in [0.1, 0.15) is 6.61 Å². The predicted molar refractivity (Wildman–Crippen MR) is 247 cm³/mol. The number of hydrogen-bond acceptors (Lipinski definition) is 5. The topological polar surface area (TPSA) is 72.8 Å². The Morgan fingerprint density at radius 3 is 1.05 bits per heavy atom. The zero-order chi connectivity index (χ0) is 41.4. The van der Waals surface area contributed by atoms with Crippen LogP contribution in [-0.4, -0.2) is 36.4 Å². The summed E-state index contributed by atoms with van der Waals surface area (Å²) in [7, 11) is 0. The van der Waals surface area contributed by atoms with E-state index in [1.807, 2.05) is 0 Å². The maximum Gasteiger partial charge on any atom is 0.306 e. The van der Waals surface area contributed by atoms with Crippen molar-refractivity contribution in [1.82, 2.24) is 0 Å². The number of aliphatic hydroxyl groups is 1. The normalized spacial score (nSPS) is 12.4. The third kappa shape index (κ3) is 46.7. The van der Waals surface area contributed by atoms with Gasteiger partial charge in [-0.3, -0.25) is 9.59 Å². The number of esters is 2. The molecule has 57 heavy (non-hydrogen) atoms. The van der Waals surface area contributed by atoms with E-state index >= 15 is 0 Å². The first-order valence-corrected chi connectivity index (χ1v) is 25.0. The lowest BCUT2D eigenvalue weighted by atomic mass is 10.0. The minimum absolute atomic E-state index is 0.0614. The Kier molecular flexibility index (Phi) is 46.9. The van der Waals surface area contributed by atoms with E-state index < -0.39 is 6.10 Å². The van der Waals surface area contributed by atoms with Crippen LogP contribution in [0.25, 0.3) is 0 Å². The molecule has 0 rings (SSSR count). The minimum Gasteiger partial charge on any atom is -0.462 e. The maximum atomic E-state index is 12.2. The molecule has 0 aromatic rings. The quantitative estimate of drug-likeness (QED) is 0.0377. The van der Waals surface area contributed by atoms with Gasteiger partial charge in [0, 0.05) is 12.8 Å². The fourth-order valence-electron chi connectivity index (χ4n) is 7.39. The van der Waals surface area contributed by atoms with Crippen LogP contribution in [0.1, 0.15) is 264 Å². The van der Waals surface area contributed by atoms with Crippen molar-refractivity contribution in [1.29, 1.82) is 0 Å². The van der Waals surface area contributed by atoms with Crippen LogP contribution in [0.5, 0.6) is 0 Å². The summed E-state index contributed by atoms with van der Waals surface area (Å²) in [6.45, 7) is 4.15. The van der Waals surface area contributed by atoms with E-state index in [4.69, 9.17) is 9.47 Å². The van der Waals surface area contributed by atoms with Crippen LogP contribution in [0, 0.1) is 0 Å². The second kappa shape index (κ2) is 48.5. The molecule has 1 N–H and O–H groups in total.